The number of carbonyl (C=O) groups is 2. The highest BCUT2D eigenvalue weighted by atomic mass is 32.2. The van der Waals surface area contributed by atoms with Crippen molar-refractivity contribution in [1.82, 2.24) is 4.31 Å². The summed E-state index contributed by atoms with van der Waals surface area (Å²) in [5, 5.41) is 8.35. The van der Waals surface area contributed by atoms with Crippen LogP contribution in [0.25, 0.3) is 0 Å². The number of hydrogen-bond acceptors (Lipinski definition) is 7. The van der Waals surface area contributed by atoms with Gasteiger partial charge in [-0.1, -0.05) is 0 Å². The number of hydrogen-bond donors (Lipinski definition) is 0. The van der Waals surface area contributed by atoms with Gasteiger partial charge in [0.25, 0.3) is 0 Å². The zero-order valence-electron chi connectivity index (χ0n) is 9.37. The fourth-order valence-corrected chi connectivity index (χ4v) is 1.79. The maximum absolute atomic E-state index is 11.5. The summed E-state index contributed by atoms with van der Waals surface area (Å²) >= 11 is 0. The van der Waals surface area contributed by atoms with Crippen LogP contribution < -0.4 is 0 Å². The molecule has 0 fully saturated rings. The quantitative estimate of drug-likeness (QED) is 0.535. The molecule has 17 heavy (non-hydrogen) atoms. The fraction of sp³-hybridized carbons (Fsp3) is 0.625. The molecule has 0 heterocycles. The van der Waals surface area contributed by atoms with Crippen LogP contribution in [0.2, 0.25) is 0 Å². The Hall–Kier alpha value is -1.66. The van der Waals surface area contributed by atoms with Crippen molar-refractivity contribution in [2.24, 2.45) is 0 Å². The molecule has 8 nitrogen and oxygen atoms in total. The lowest BCUT2D eigenvalue weighted by molar-refractivity contribution is -0.143. The summed E-state index contributed by atoms with van der Waals surface area (Å²) in [6, 6.07) is 1.44. The van der Waals surface area contributed by atoms with Gasteiger partial charge in [-0.05, 0) is 0 Å². The number of nitriles is 1. The van der Waals surface area contributed by atoms with Crippen molar-refractivity contribution in [3.63, 3.8) is 0 Å². The van der Waals surface area contributed by atoms with Gasteiger partial charge in [0.1, 0.15) is 13.1 Å². The number of sulfonamides is 1. The molecular weight excluding hydrogens is 252 g/mol. The van der Waals surface area contributed by atoms with Crippen molar-refractivity contribution in [3.05, 3.63) is 0 Å². The Kier molecular flexibility index (Phi) is 6.16. The lowest BCUT2D eigenvalue weighted by atomic mass is 10.6. The summed E-state index contributed by atoms with van der Waals surface area (Å²) in [7, 11) is -1.85. The smallest absolute Gasteiger partial charge is 0.321 e. The minimum atomic E-state index is -4.01. The summed E-state index contributed by atoms with van der Waals surface area (Å²) in [6.07, 6.45) is 0. The lowest BCUT2D eigenvalue weighted by Gasteiger charge is -2.17. The van der Waals surface area contributed by atoms with Crippen molar-refractivity contribution in [2.75, 3.05) is 33.1 Å². The largest absolute Gasteiger partial charge is 0.468 e. The molecule has 0 aliphatic heterocycles. The van der Waals surface area contributed by atoms with E-state index in [2.05, 4.69) is 9.47 Å². The van der Waals surface area contributed by atoms with E-state index >= 15 is 0 Å². The molecular formula is C8H12N2O6S. The van der Waals surface area contributed by atoms with Gasteiger partial charge in [0.15, 0.2) is 5.75 Å². The molecule has 0 aliphatic rings. The SMILES string of the molecule is COC(=O)CN(CC(=O)OC)S(=O)(=O)CC#N. The van der Waals surface area contributed by atoms with E-state index in [4.69, 9.17) is 5.26 Å². The number of methoxy groups -OCH3 is 2. The molecule has 0 bridgehead atoms. The molecule has 0 aromatic heterocycles. The number of esters is 2. The maximum Gasteiger partial charge on any atom is 0.321 e. The van der Waals surface area contributed by atoms with Crippen molar-refractivity contribution in [1.29, 1.82) is 5.26 Å². The minimum absolute atomic E-state index is 0.536. The van der Waals surface area contributed by atoms with Gasteiger partial charge in [-0.25, -0.2) is 8.42 Å². The highest BCUT2D eigenvalue weighted by molar-refractivity contribution is 7.89. The standard InChI is InChI=1S/C8H12N2O6S/c1-15-7(11)5-10(6-8(12)16-2)17(13,14)4-3-9/h4-6H2,1-2H3. The van der Waals surface area contributed by atoms with E-state index in [0.717, 1.165) is 14.2 Å². The van der Waals surface area contributed by atoms with E-state index < -0.39 is 40.8 Å². The monoisotopic (exact) mass is 264 g/mol. The number of carbonyl (C=O) groups excluding carboxylic acids is 2. The molecule has 0 radical (unpaired) electrons. The first kappa shape index (κ1) is 15.3. The van der Waals surface area contributed by atoms with Crippen molar-refractivity contribution in [3.8, 4) is 6.07 Å². The molecule has 0 N–H and O–H groups in total. The second-order valence-corrected chi connectivity index (χ2v) is 4.80. The van der Waals surface area contributed by atoms with Crippen LogP contribution in [0.5, 0.6) is 0 Å². The molecule has 0 atom stereocenters. The van der Waals surface area contributed by atoms with Crippen molar-refractivity contribution in [2.45, 2.75) is 0 Å². The van der Waals surface area contributed by atoms with Gasteiger partial charge in [-0.15, -0.1) is 0 Å². The molecule has 0 aromatic carbocycles. The first-order valence-corrected chi connectivity index (χ1v) is 5.96. The number of nitrogens with zero attached hydrogens (tertiary/aromatic N) is 2. The maximum atomic E-state index is 11.5. The predicted octanol–water partition coefficient (Wildman–Crippen LogP) is -1.51. The minimum Gasteiger partial charge on any atom is -0.468 e. The van der Waals surface area contributed by atoms with Crippen LogP contribution in [-0.2, 0) is 29.1 Å². The Morgan fingerprint density at radius 2 is 1.59 bits per heavy atom. The summed E-state index contributed by atoms with van der Waals surface area (Å²) in [6.45, 7) is -1.29. The lowest BCUT2D eigenvalue weighted by Crippen LogP contribution is -2.41. The zero-order chi connectivity index (χ0) is 13.5. The summed E-state index contributed by atoms with van der Waals surface area (Å²) in [5.41, 5.74) is 0. The molecule has 0 rings (SSSR count). The summed E-state index contributed by atoms with van der Waals surface area (Å²) in [5.74, 6) is -2.51. The molecule has 0 amide bonds. The van der Waals surface area contributed by atoms with E-state index in [1.807, 2.05) is 0 Å². The molecule has 0 saturated carbocycles. The van der Waals surface area contributed by atoms with E-state index in [1.54, 1.807) is 0 Å². The predicted molar refractivity (Wildman–Crippen MR) is 55.0 cm³/mol. The molecule has 96 valence electrons. The first-order chi connectivity index (χ1) is 7.87. The summed E-state index contributed by atoms with van der Waals surface area (Å²) < 4.78 is 32.2. The third-order valence-electron chi connectivity index (χ3n) is 1.71. The Bertz CT molecular complexity index is 406. The summed E-state index contributed by atoms with van der Waals surface area (Å²) in [4.78, 5) is 22.0. The van der Waals surface area contributed by atoms with Gasteiger partial charge in [0.2, 0.25) is 10.0 Å². The van der Waals surface area contributed by atoms with E-state index in [1.165, 1.54) is 6.07 Å². The van der Waals surface area contributed by atoms with E-state index in [9.17, 15) is 18.0 Å². The van der Waals surface area contributed by atoms with E-state index in [0.29, 0.717) is 4.31 Å². The van der Waals surface area contributed by atoms with Crippen LogP contribution in [0.3, 0.4) is 0 Å². The van der Waals surface area contributed by atoms with Crippen LogP contribution in [0.4, 0.5) is 0 Å². The Balaban J connectivity index is 4.92. The van der Waals surface area contributed by atoms with E-state index in [-0.39, 0.29) is 0 Å². The molecule has 0 unspecified atom stereocenters. The highest BCUT2D eigenvalue weighted by Gasteiger charge is 2.27. The zero-order valence-corrected chi connectivity index (χ0v) is 10.2. The average Bonchev–Trinajstić information content (AvgIpc) is 2.27. The Morgan fingerprint density at radius 3 is 1.88 bits per heavy atom. The van der Waals surface area contributed by atoms with Crippen LogP contribution >= 0.6 is 0 Å². The fourth-order valence-electron chi connectivity index (χ4n) is 0.843. The van der Waals surface area contributed by atoms with Gasteiger partial charge in [0.05, 0.1) is 20.3 Å². The molecule has 0 aromatic rings. The normalized spacial score (nSPS) is 10.7. The van der Waals surface area contributed by atoms with Gasteiger partial charge in [-0.2, -0.15) is 9.57 Å². The Labute approximate surface area is 98.8 Å². The van der Waals surface area contributed by atoms with Gasteiger partial charge >= 0.3 is 11.9 Å². The van der Waals surface area contributed by atoms with Gasteiger partial charge < -0.3 is 9.47 Å². The van der Waals surface area contributed by atoms with Crippen molar-refractivity contribution < 1.29 is 27.5 Å². The highest BCUT2D eigenvalue weighted by Crippen LogP contribution is 2.02. The Morgan fingerprint density at radius 1 is 1.18 bits per heavy atom. The topological polar surface area (TPSA) is 114 Å². The third-order valence-corrected chi connectivity index (χ3v) is 3.25. The molecule has 0 spiro atoms. The first-order valence-electron chi connectivity index (χ1n) is 4.35. The van der Waals surface area contributed by atoms with Crippen LogP contribution in [0.15, 0.2) is 0 Å². The van der Waals surface area contributed by atoms with Crippen LogP contribution in [0, 0.1) is 11.3 Å². The molecule has 9 heteroatoms. The third kappa shape index (κ3) is 5.28. The van der Waals surface area contributed by atoms with Crippen molar-refractivity contribution >= 4 is 22.0 Å². The number of ether oxygens (including phenoxy) is 2. The van der Waals surface area contributed by atoms with Crippen LogP contribution in [0.1, 0.15) is 0 Å². The number of rotatable bonds is 6. The van der Waals surface area contributed by atoms with Gasteiger partial charge in [0, 0.05) is 0 Å². The second kappa shape index (κ2) is 6.82. The second-order valence-electron chi connectivity index (χ2n) is 2.83. The molecule has 0 saturated heterocycles. The molecule has 0 aliphatic carbocycles. The van der Waals surface area contributed by atoms with Gasteiger partial charge in [-0.3, -0.25) is 9.59 Å². The average molecular weight is 264 g/mol. The van der Waals surface area contributed by atoms with Crippen LogP contribution in [-0.4, -0.2) is 57.7 Å².